The molecule has 86 valence electrons. The van der Waals surface area contributed by atoms with Crippen LogP contribution in [0.5, 0.6) is 0 Å². The van der Waals surface area contributed by atoms with E-state index >= 15 is 0 Å². The molecule has 0 atom stereocenters. The van der Waals surface area contributed by atoms with Gasteiger partial charge in [0.25, 0.3) is 0 Å². The first-order valence-electron chi connectivity index (χ1n) is 5.68. The zero-order valence-electron chi connectivity index (χ0n) is 9.54. The summed E-state index contributed by atoms with van der Waals surface area (Å²) < 4.78 is 0. The maximum atomic E-state index is 10.5. The second-order valence-corrected chi connectivity index (χ2v) is 3.90. The predicted molar refractivity (Wildman–Crippen MR) is 68.8 cm³/mol. The van der Waals surface area contributed by atoms with Crippen LogP contribution in [0.4, 0.5) is 0 Å². The normalized spacial score (nSPS) is 10.2. The van der Waals surface area contributed by atoms with E-state index in [9.17, 15) is 4.79 Å². The van der Waals surface area contributed by atoms with Crippen LogP contribution < -0.4 is 5.32 Å². The molecule has 0 spiro atoms. The van der Waals surface area contributed by atoms with E-state index in [2.05, 4.69) is 29.6 Å². The Morgan fingerprint density at radius 2 is 1.35 bits per heavy atom. The van der Waals surface area contributed by atoms with Crippen LogP contribution in [-0.4, -0.2) is 13.0 Å². The Morgan fingerprint density at radius 3 is 1.76 bits per heavy atom. The van der Waals surface area contributed by atoms with Crippen molar-refractivity contribution in [2.75, 3.05) is 6.54 Å². The molecule has 2 rings (SSSR count). The number of benzene rings is 2. The molecular formula is C15H15NO. The van der Waals surface area contributed by atoms with Gasteiger partial charge >= 0.3 is 0 Å². The first-order chi connectivity index (χ1) is 8.42. The Morgan fingerprint density at radius 1 is 0.882 bits per heavy atom. The monoisotopic (exact) mass is 225 g/mol. The fraction of sp³-hybridized carbons (Fsp3) is 0.133. The zero-order chi connectivity index (χ0) is 11.9. The van der Waals surface area contributed by atoms with Crippen LogP contribution in [0.2, 0.25) is 0 Å². The smallest absolute Gasteiger partial charge is 0.207 e. The minimum Gasteiger partial charge on any atom is -0.358 e. The van der Waals surface area contributed by atoms with Gasteiger partial charge in [0.05, 0.1) is 0 Å². The molecule has 17 heavy (non-hydrogen) atoms. The van der Waals surface area contributed by atoms with E-state index in [1.165, 1.54) is 11.1 Å². The fourth-order valence-corrected chi connectivity index (χ4v) is 1.96. The quantitative estimate of drug-likeness (QED) is 0.778. The van der Waals surface area contributed by atoms with Crippen molar-refractivity contribution in [1.29, 1.82) is 0 Å². The van der Waals surface area contributed by atoms with Gasteiger partial charge in [-0.3, -0.25) is 4.79 Å². The van der Waals surface area contributed by atoms with Crippen LogP contribution in [0.1, 0.15) is 17.0 Å². The summed E-state index contributed by atoms with van der Waals surface area (Å²) in [4.78, 5) is 10.5. The molecule has 0 saturated heterocycles. The number of hydrogen-bond acceptors (Lipinski definition) is 1. The summed E-state index contributed by atoms with van der Waals surface area (Å²) in [6, 6.07) is 20.4. The second-order valence-electron chi connectivity index (χ2n) is 3.90. The molecule has 0 saturated carbocycles. The van der Waals surface area contributed by atoms with E-state index in [4.69, 9.17) is 0 Å². The van der Waals surface area contributed by atoms with Crippen molar-refractivity contribution in [2.45, 2.75) is 5.92 Å². The third-order valence-corrected chi connectivity index (χ3v) is 2.81. The molecular weight excluding hydrogens is 210 g/mol. The van der Waals surface area contributed by atoms with E-state index in [1.807, 2.05) is 36.4 Å². The van der Waals surface area contributed by atoms with Gasteiger partial charge in [-0.05, 0) is 11.1 Å². The van der Waals surface area contributed by atoms with E-state index in [0.717, 1.165) is 6.41 Å². The predicted octanol–water partition coefficient (Wildman–Crippen LogP) is 2.56. The van der Waals surface area contributed by atoms with Gasteiger partial charge in [0, 0.05) is 12.5 Å². The van der Waals surface area contributed by atoms with Crippen LogP contribution in [0.25, 0.3) is 0 Å². The minimum atomic E-state index is 0.211. The first kappa shape index (κ1) is 11.4. The maximum Gasteiger partial charge on any atom is 0.207 e. The van der Waals surface area contributed by atoms with Gasteiger partial charge in [0.1, 0.15) is 0 Å². The molecule has 0 aliphatic rings. The molecule has 0 unspecified atom stereocenters. The Bertz CT molecular complexity index is 413. The van der Waals surface area contributed by atoms with Crippen molar-refractivity contribution in [3.63, 3.8) is 0 Å². The maximum absolute atomic E-state index is 10.5. The Hall–Kier alpha value is -2.09. The third-order valence-electron chi connectivity index (χ3n) is 2.81. The van der Waals surface area contributed by atoms with Gasteiger partial charge in [0.2, 0.25) is 6.41 Å². The summed E-state index contributed by atoms with van der Waals surface area (Å²) in [5, 5.41) is 2.76. The highest BCUT2D eigenvalue weighted by molar-refractivity contribution is 5.47. The van der Waals surface area contributed by atoms with Crippen LogP contribution >= 0.6 is 0 Å². The Kier molecular flexibility index (Phi) is 3.92. The molecule has 0 aromatic heterocycles. The summed E-state index contributed by atoms with van der Waals surface area (Å²) in [5.74, 6) is 0.211. The SMILES string of the molecule is O=CNCC(c1ccccc1)c1ccccc1. The molecule has 1 amide bonds. The molecule has 2 aromatic carbocycles. The number of hydrogen-bond donors (Lipinski definition) is 1. The van der Waals surface area contributed by atoms with Gasteiger partial charge in [-0.2, -0.15) is 0 Å². The van der Waals surface area contributed by atoms with Crippen molar-refractivity contribution in [2.24, 2.45) is 0 Å². The fourth-order valence-electron chi connectivity index (χ4n) is 1.96. The van der Waals surface area contributed by atoms with Crippen molar-refractivity contribution in [3.05, 3.63) is 71.8 Å². The largest absolute Gasteiger partial charge is 0.358 e. The van der Waals surface area contributed by atoms with Gasteiger partial charge < -0.3 is 5.32 Å². The van der Waals surface area contributed by atoms with Crippen LogP contribution in [-0.2, 0) is 4.79 Å². The van der Waals surface area contributed by atoms with E-state index < -0.39 is 0 Å². The number of carbonyl (C=O) groups excluding carboxylic acids is 1. The van der Waals surface area contributed by atoms with Crippen LogP contribution in [0.15, 0.2) is 60.7 Å². The summed E-state index contributed by atoms with van der Waals surface area (Å²) in [5.41, 5.74) is 2.43. The lowest BCUT2D eigenvalue weighted by molar-refractivity contribution is -0.109. The van der Waals surface area contributed by atoms with Crippen molar-refractivity contribution < 1.29 is 4.79 Å². The molecule has 1 N–H and O–H groups in total. The zero-order valence-corrected chi connectivity index (χ0v) is 9.54. The lowest BCUT2D eigenvalue weighted by Gasteiger charge is -2.17. The van der Waals surface area contributed by atoms with Crippen LogP contribution in [0, 0.1) is 0 Å². The van der Waals surface area contributed by atoms with E-state index in [-0.39, 0.29) is 5.92 Å². The molecule has 0 aliphatic heterocycles. The molecule has 0 bridgehead atoms. The van der Waals surface area contributed by atoms with Gasteiger partial charge in [-0.25, -0.2) is 0 Å². The molecule has 0 radical (unpaired) electrons. The van der Waals surface area contributed by atoms with Crippen molar-refractivity contribution in [1.82, 2.24) is 5.32 Å². The Labute approximate surface area is 101 Å². The minimum absolute atomic E-state index is 0.211. The molecule has 0 fully saturated rings. The summed E-state index contributed by atoms with van der Waals surface area (Å²) in [7, 11) is 0. The number of carbonyl (C=O) groups is 1. The van der Waals surface area contributed by atoms with E-state index in [1.54, 1.807) is 0 Å². The van der Waals surface area contributed by atoms with Gasteiger partial charge in [-0.15, -0.1) is 0 Å². The van der Waals surface area contributed by atoms with Crippen molar-refractivity contribution in [3.8, 4) is 0 Å². The van der Waals surface area contributed by atoms with Gasteiger partial charge in [0.15, 0.2) is 0 Å². The third kappa shape index (κ3) is 2.94. The number of nitrogens with one attached hydrogen (secondary N) is 1. The van der Waals surface area contributed by atoms with Crippen LogP contribution in [0.3, 0.4) is 0 Å². The summed E-state index contributed by atoms with van der Waals surface area (Å²) in [6.45, 7) is 0.623. The standard InChI is InChI=1S/C15H15NO/c17-12-16-11-15(13-7-3-1-4-8-13)14-9-5-2-6-10-14/h1-10,12,15H,11H2,(H,16,17). The Balaban J connectivity index is 2.29. The number of amides is 1. The van der Waals surface area contributed by atoms with Gasteiger partial charge in [-0.1, -0.05) is 60.7 Å². The average molecular weight is 225 g/mol. The molecule has 0 aliphatic carbocycles. The lowest BCUT2D eigenvalue weighted by Crippen LogP contribution is -2.20. The topological polar surface area (TPSA) is 29.1 Å². The highest BCUT2D eigenvalue weighted by Gasteiger charge is 2.12. The average Bonchev–Trinajstić information content (AvgIpc) is 2.42. The summed E-state index contributed by atoms with van der Waals surface area (Å²) >= 11 is 0. The highest BCUT2D eigenvalue weighted by atomic mass is 16.1. The molecule has 2 nitrogen and oxygen atoms in total. The highest BCUT2D eigenvalue weighted by Crippen LogP contribution is 2.23. The molecule has 2 heteroatoms. The van der Waals surface area contributed by atoms with Crippen molar-refractivity contribution >= 4 is 6.41 Å². The first-order valence-corrected chi connectivity index (χ1v) is 5.68. The molecule has 2 aromatic rings. The summed E-state index contributed by atoms with van der Waals surface area (Å²) in [6.07, 6.45) is 0.749. The number of rotatable bonds is 5. The second kappa shape index (κ2) is 5.85. The molecule has 0 heterocycles. The lowest BCUT2D eigenvalue weighted by atomic mass is 9.91. The van der Waals surface area contributed by atoms with E-state index in [0.29, 0.717) is 6.54 Å².